The lowest BCUT2D eigenvalue weighted by molar-refractivity contribution is 0.601. The Bertz CT molecular complexity index is 704. The third-order valence-corrected chi connectivity index (χ3v) is 4.35. The van der Waals surface area contributed by atoms with Gasteiger partial charge >= 0.3 is 0 Å². The SMILES string of the molecule is O=S(=O)(Nc1cnc(Cl)cn1)c1ccc(Cl)c(Cl)c1. The van der Waals surface area contributed by atoms with Crippen LogP contribution in [-0.2, 0) is 10.0 Å². The highest BCUT2D eigenvalue weighted by molar-refractivity contribution is 7.92. The number of benzene rings is 1. The number of nitrogens with one attached hydrogen (secondary N) is 1. The largest absolute Gasteiger partial charge is 0.263 e. The zero-order valence-corrected chi connectivity index (χ0v) is 12.2. The summed E-state index contributed by atoms with van der Waals surface area (Å²) in [5.74, 6) is 0.0514. The predicted molar refractivity (Wildman–Crippen MR) is 74.3 cm³/mol. The number of hydrogen-bond donors (Lipinski definition) is 1. The Kier molecular flexibility index (Phi) is 4.15. The molecule has 0 saturated heterocycles. The molecule has 2 rings (SSSR count). The van der Waals surface area contributed by atoms with Crippen LogP contribution in [0.15, 0.2) is 35.5 Å². The summed E-state index contributed by atoms with van der Waals surface area (Å²) < 4.78 is 26.3. The summed E-state index contributed by atoms with van der Waals surface area (Å²) in [6.45, 7) is 0. The zero-order chi connectivity index (χ0) is 14.0. The van der Waals surface area contributed by atoms with Crippen molar-refractivity contribution in [1.29, 1.82) is 0 Å². The first kappa shape index (κ1) is 14.3. The minimum absolute atomic E-state index is 0.0290. The molecule has 0 fully saturated rings. The number of hydrogen-bond acceptors (Lipinski definition) is 4. The highest BCUT2D eigenvalue weighted by atomic mass is 35.5. The molecule has 0 bridgehead atoms. The number of aromatic nitrogens is 2. The van der Waals surface area contributed by atoms with Crippen LogP contribution in [0.1, 0.15) is 0 Å². The van der Waals surface area contributed by atoms with Crippen molar-refractivity contribution in [2.45, 2.75) is 4.90 Å². The van der Waals surface area contributed by atoms with Crippen molar-refractivity contribution in [3.63, 3.8) is 0 Å². The topological polar surface area (TPSA) is 72.0 Å². The number of sulfonamides is 1. The van der Waals surface area contributed by atoms with Gasteiger partial charge in [-0.2, -0.15) is 0 Å². The minimum Gasteiger partial charge on any atom is -0.262 e. The quantitative estimate of drug-likeness (QED) is 0.932. The van der Waals surface area contributed by atoms with Crippen LogP contribution in [0.25, 0.3) is 0 Å². The van der Waals surface area contributed by atoms with Crippen molar-refractivity contribution in [3.8, 4) is 0 Å². The molecule has 0 unspecified atom stereocenters. The fourth-order valence-corrected chi connectivity index (χ4v) is 2.68. The van der Waals surface area contributed by atoms with E-state index in [1.165, 1.54) is 30.6 Å². The fourth-order valence-electron chi connectivity index (χ4n) is 1.21. The standard InChI is InChI=1S/C10H6Cl3N3O2S/c11-7-2-1-6(3-8(7)12)19(17,18)16-10-5-14-9(13)4-15-10/h1-5H,(H,15,16). The first-order chi connectivity index (χ1) is 8.88. The maximum Gasteiger partial charge on any atom is 0.263 e. The van der Waals surface area contributed by atoms with Crippen molar-refractivity contribution >= 4 is 50.6 Å². The van der Waals surface area contributed by atoms with Gasteiger partial charge in [0.25, 0.3) is 10.0 Å². The molecule has 0 amide bonds. The van der Waals surface area contributed by atoms with Gasteiger partial charge in [0.1, 0.15) is 5.15 Å². The van der Waals surface area contributed by atoms with Crippen molar-refractivity contribution in [2.24, 2.45) is 0 Å². The van der Waals surface area contributed by atoms with E-state index in [-0.39, 0.29) is 25.9 Å². The van der Waals surface area contributed by atoms with E-state index in [0.29, 0.717) is 0 Å². The van der Waals surface area contributed by atoms with Crippen molar-refractivity contribution in [2.75, 3.05) is 4.72 Å². The Labute approximate surface area is 124 Å². The molecule has 100 valence electrons. The average Bonchev–Trinajstić information content (AvgIpc) is 2.35. The van der Waals surface area contributed by atoms with Gasteiger partial charge in [0.15, 0.2) is 5.82 Å². The van der Waals surface area contributed by atoms with Gasteiger partial charge in [0.2, 0.25) is 0 Å². The Hall–Kier alpha value is -1.08. The summed E-state index contributed by atoms with van der Waals surface area (Å²) in [6, 6.07) is 3.97. The van der Waals surface area contributed by atoms with Crippen molar-refractivity contribution in [3.05, 3.63) is 45.8 Å². The van der Waals surface area contributed by atoms with Gasteiger partial charge in [0.05, 0.1) is 27.3 Å². The normalized spacial score (nSPS) is 11.3. The van der Waals surface area contributed by atoms with Gasteiger partial charge in [-0.15, -0.1) is 0 Å². The molecule has 0 saturated carbocycles. The van der Waals surface area contributed by atoms with Gasteiger partial charge in [0, 0.05) is 0 Å². The van der Waals surface area contributed by atoms with Crippen LogP contribution in [0.2, 0.25) is 15.2 Å². The third-order valence-electron chi connectivity index (χ3n) is 2.06. The highest BCUT2D eigenvalue weighted by Gasteiger charge is 2.16. The molecule has 0 radical (unpaired) electrons. The lowest BCUT2D eigenvalue weighted by Crippen LogP contribution is -2.14. The first-order valence-electron chi connectivity index (χ1n) is 4.84. The molecule has 1 N–H and O–H groups in total. The van der Waals surface area contributed by atoms with E-state index < -0.39 is 10.0 Å². The van der Waals surface area contributed by atoms with E-state index in [4.69, 9.17) is 34.8 Å². The Morgan fingerprint density at radius 1 is 1.00 bits per heavy atom. The molecule has 1 heterocycles. The Morgan fingerprint density at radius 2 is 1.74 bits per heavy atom. The Morgan fingerprint density at radius 3 is 2.32 bits per heavy atom. The molecule has 1 aromatic carbocycles. The van der Waals surface area contributed by atoms with Crippen LogP contribution in [-0.4, -0.2) is 18.4 Å². The molecule has 0 aliphatic rings. The fraction of sp³-hybridized carbons (Fsp3) is 0. The van der Waals surface area contributed by atoms with Gasteiger partial charge in [-0.1, -0.05) is 34.8 Å². The number of anilines is 1. The highest BCUT2D eigenvalue weighted by Crippen LogP contribution is 2.25. The monoisotopic (exact) mass is 337 g/mol. The van der Waals surface area contributed by atoms with E-state index in [9.17, 15) is 8.42 Å². The average molecular weight is 339 g/mol. The lowest BCUT2D eigenvalue weighted by atomic mass is 10.4. The second-order valence-corrected chi connectivity index (χ2v) is 6.29. The maximum atomic E-state index is 12.0. The molecule has 0 atom stereocenters. The number of nitrogens with zero attached hydrogens (tertiary/aromatic N) is 2. The van der Waals surface area contributed by atoms with E-state index >= 15 is 0 Å². The first-order valence-corrected chi connectivity index (χ1v) is 7.45. The predicted octanol–water partition coefficient (Wildman–Crippen LogP) is 3.24. The van der Waals surface area contributed by atoms with E-state index in [1.807, 2.05) is 0 Å². The summed E-state index contributed by atoms with van der Waals surface area (Å²) in [4.78, 5) is 7.47. The second kappa shape index (κ2) is 5.50. The molecule has 19 heavy (non-hydrogen) atoms. The van der Waals surface area contributed by atoms with Crippen LogP contribution in [0.4, 0.5) is 5.82 Å². The van der Waals surface area contributed by atoms with Crippen LogP contribution in [0, 0.1) is 0 Å². The molecule has 1 aromatic heterocycles. The molecular weight excluding hydrogens is 333 g/mol. The second-order valence-electron chi connectivity index (χ2n) is 3.41. The minimum atomic E-state index is -3.80. The summed E-state index contributed by atoms with van der Waals surface area (Å²) in [5, 5.41) is 0.580. The number of halogens is 3. The summed E-state index contributed by atoms with van der Waals surface area (Å²) >= 11 is 17.1. The van der Waals surface area contributed by atoms with Crippen LogP contribution < -0.4 is 4.72 Å². The van der Waals surface area contributed by atoms with Crippen molar-refractivity contribution < 1.29 is 8.42 Å². The summed E-state index contributed by atoms with van der Waals surface area (Å²) in [7, 11) is -3.80. The summed E-state index contributed by atoms with van der Waals surface area (Å²) in [5.41, 5.74) is 0. The third kappa shape index (κ3) is 3.48. The van der Waals surface area contributed by atoms with E-state index in [2.05, 4.69) is 14.7 Å². The Balaban J connectivity index is 2.32. The van der Waals surface area contributed by atoms with Gasteiger partial charge in [-0.25, -0.2) is 18.4 Å². The zero-order valence-electron chi connectivity index (χ0n) is 9.14. The van der Waals surface area contributed by atoms with Gasteiger partial charge in [-0.3, -0.25) is 4.72 Å². The van der Waals surface area contributed by atoms with E-state index in [0.717, 1.165) is 0 Å². The van der Waals surface area contributed by atoms with Crippen molar-refractivity contribution in [1.82, 2.24) is 9.97 Å². The molecule has 0 aliphatic heterocycles. The smallest absolute Gasteiger partial charge is 0.262 e. The molecule has 2 aromatic rings. The molecule has 0 aliphatic carbocycles. The number of rotatable bonds is 3. The van der Waals surface area contributed by atoms with Crippen LogP contribution in [0.3, 0.4) is 0 Å². The van der Waals surface area contributed by atoms with Crippen LogP contribution >= 0.6 is 34.8 Å². The maximum absolute atomic E-state index is 12.0. The molecule has 0 spiro atoms. The van der Waals surface area contributed by atoms with E-state index in [1.54, 1.807) is 0 Å². The molecule has 5 nitrogen and oxygen atoms in total. The summed E-state index contributed by atoms with van der Waals surface area (Å²) in [6.07, 6.45) is 2.44. The van der Waals surface area contributed by atoms with Gasteiger partial charge < -0.3 is 0 Å². The molecular formula is C10H6Cl3N3O2S. The lowest BCUT2D eigenvalue weighted by Gasteiger charge is -2.07. The molecule has 9 heteroatoms. The van der Waals surface area contributed by atoms with Crippen LogP contribution in [0.5, 0.6) is 0 Å². The van der Waals surface area contributed by atoms with Gasteiger partial charge in [-0.05, 0) is 18.2 Å².